The molecule has 2 aliphatic heterocycles. The van der Waals surface area contributed by atoms with Gasteiger partial charge in [-0.25, -0.2) is 8.42 Å². The first-order valence-electron chi connectivity index (χ1n) is 12.3. The summed E-state index contributed by atoms with van der Waals surface area (Å²) in [6.45, 7) is 5.62. The van der Waals surface area contributed by atoms with Crippen LogP contribution in [0, 0.1) is 13.8 Å². The molecule has 2 fully saturated rings. The number of hydrogen-bond acceptors (Lipinski definition) is 7. The van der Waals surface area contributed by atoms with Crippen molar-refractivity contribution in [2.24, 2.45) is 0 Å². The standard InChI is InChI=1S/C26H35N3O6S/c1-19-14-23(33-3)15-20(2)26(19)36(31,32)29-12-13-34-16-22(29)17-35-18-25(30)28-10-7-21(8-11-28)24-6-4-5-9-27-24/h4-6,9,14-15,21-22H,7-8,10-13,16-18H2,1-3H3/t22-/m0/s1. The van der Waals surface area contributed by atoms with E-state index in [0.717, 1.165) is 18.5 Å². The van der Waals surface area contributed by atoms with E-state index >= 15 is 0 Å². The maximum atomic E-state index is 13.6. The first kappa shape index (κ1) is 26.5. The largest absolute Gasteiger partial charge is 0.497 e. The zero-order valence-corrected chi connectivity index (χ0v) is 22.0. The van der Waals surface area contributed by atoms with Gasteiger partial charge in [0.25, 0.3) is 0 Å². The molecule has 2 aromatic rings. The Balaban J connectivity index is 1.34. The maximum Gasteiger partial charge on any atom is 0.248 e. The Bertz CT molecular complexity index is 1130. The van der Waals surface area contributed by atoms with Crippen LogP contribution < -0.4 is 4.74 Å². The minimum absolute atomic E-state index is 0.0811. The second-order valence-corrected chi connectivity index (χ2v) is 11.2. The van der Waals surface area contributed by atoms with E-state index in [4.69, 9.17) is 14.2 Å². The fourth-order valence-electron chi connectivity index (χ4n) is 5.06. The Kier molecular flexibility index (Phi) is 8.61. The minimum atomic E-state index is -3.78. The highest BCUT2D eigenvalue weighted by Gasteiger charge is 2.36. The minimum Gasteiger partial charge on any atom is -0.497 e. The summed E-state index contributed by atoms with van der Waals surface area (Å²) in [5.41, 5.74) is 2.33. The second kappa shape index (κ2) is 11.7. The first-order valence-corrected chi connectivity index (χ1v) is 13.8. The fourth-order valence-corrected chi connectivity index (χ4v) is 7.05. The van der Waals surface area contributed by atoms with Crippen molar-refractivity contribution in [3.8, 4) is 5.75 Å². The zero-order chi connectivity index (χ0) is 25.7. The molecule has 2 saturated heterocycles. The summed E-state index contributed by atoms with van der Waals surface area (Å²) in [5, 5.41) is 0. The molecular weight excluding hydrogens is 482 g/mol. The van der Waals surface area contributed by atoms with Crippen molar-refractivity contribution >= 4 is 15.9 Å². The van der Waals surface area contributed by atoms with Crippen molar-refractivity contribution in [2.75, 3.05) is 53.2 Å². The number of carbonyl (C=O) groups is 1. The number of amides is 1. The average molecular weight is 518 g/mol. The lowest BCUT2D eigenvalue weighted by Gasteiger charge is -2.35. The number of hydrogen-bond donors (Lipinski definition) is 0. The van der Waals surface area contributed by atoms with Gasteiger partial charge >= 0.3 is 0 Å². The van der Waals surface area contributed by atoms with E-state index < -0.39 is 16.1 Å². The normalized spacial score (nSPS) is 19.9. The Morgan fingerprint density at radius 3 is 2.50 bits per heavy atom. The number of piperidine rings is 1. The molecular formula is C26H35N3O6S. The van der Waals surface area contributed by atoms with E-state index in [9.17, 15) is 13.2 Å². The molecule has 1 aromatic heterocycles. The lowest BCUT2D eigenvalue weighted by atomic mass is 9.93. The lowest BCUT2D eigenvalue weighted by Crippen LogP contribution is -2.51. The molecule has 0 unspecified atom stereocenters. The molecule has 3 heterocycles. The van der Waals surface area contributed by atoms with Gasteiger partial charge in [0.15, 0.2) is 0 Å². The third-order valence-electron chi connectivity index (χ3n) is 6.90. The van der Waals surface area contributed by atoms with Crippen LogP contribution in [0.4, 0.5) is 0 Å². The van der Waals surface area contributed by atoms with E-state index in [2.05, 4.69) is 4.98 Å². The average Bonchev–Trinajstić information content (AvgIpc) is 2.89. The van der Waals surface area contributed by atoms with Gasteiger partial charge in [-0.2, -0.15) is 4.31 Å². The van der Waals surface area contributed by atoms with Crippen molar-refractivity contribution in [3.63, 3.8) is 0 Å². The van der Waals surface area contributed by atoms with Crippen molar-refractivity contribution < 1.29 is 27.4 Å². The molecule has 36 heavy (non-hydrogen) atoms. The zero-order valence-electron chi connectivity index (χ0n) is 21.2. The number of aryl methyl sites for hydroxylation is 2. The van der Waals surface area contributed by atoms with Crippen LogP contribution in [0.1, 0.15) is 35.6 Å². The molecule has 0 saturated carbocycles. The molecule has 0 aliphatic carbocycles. The van der Waals surface area contributed by atoms with Gasteiger partial charge in [-0.15, -0.1) is 0 Å². The van der Waals surface area contributed by atoms with Crippen LogP contribution in [-0.2, 0) is 24.3 Å². The number of rotatable bonds is 8. The van der Waals surface area contributed by atoms with Gasteiger partial charge in [0.2, 0.25) is 15.9 Å². The summed E-state index contributed by atoms with van der Waals surface area (Å²) < 4.78 is 45.3. The highest BCUT2D eigenvalue weighted by Crippen LogP contribution is 2.30. The van der Waals surface area contributed by atoms with Gasteiger partial charge in [-0.05, 0) is 62.1 Å². The smallest absolute Gasteiger partial charge is 0.248 e. The SMILES string of the molecule is COc1cc(C)c(S(=O)(=O)N2CCOC[C@H]2COCC(=O)N2CCC(c3ccccn3)CC2)c(C)c1. The number of morpholine rings is 1. The number of benzene rings is 1. The molecule has 196 valence electrons. The molecule has 1 aromatic carbocycles. The van der Waals surface area contributed by atoms with E-state index in [-0.39, 0.29) is 37.2 Å². The van der Waals surface area contributed by atoms with Gasteiger partial charge in [-0.1, -0.05) is 6.07 Å². The fraction of sp³-hybridized carbons (Fsp3) is 0.538. The summed E-state index contributed by atoms with van der Waals surface area (Å²) in [6.07, 6.45) is 3.54. The molecule has 9 nitrogen and oxygen atoms in total. The summed E-state index contributed by atoms with van der Waals surface area (Å²) in [5.74, 6) is 0.898. The Labute approximate surface area is 213 Å². The van der Waals surface area contributed by atoms with E-state index in [0.29, 0.717) is 42.5 Å². The number of likely N-dealkylation sites (tertiary alicyclic amines) is 1. The van der Waals surface area contributed by atoms with Crippen molar-refractivity contribution in [1.82, 2.24) is 14.2 Å². The number of aromatic nitrogens is 1. The predicted molar refractivity (Wildman–Crippen MR) is 135 cm³/mol. The molecule has 1 amide bonds. The first-order chi connectivity index (χ1) is 17.3. The van der Waals surface area contributed by atoms with Crippen LogP contribution in [0.5, 0.6) is 5.75 Å². The number of pyridine rings is 1. The molecule has 1 atom stereocenters. The van der Waals surface area contributed by atoms with Crippen LogP contribution in [0.3, 0.4) is 0 Å². The highest BCUT2D eigenvalue weighted by molar-refractivity contribution is 7.89. The number of nitrogens with zero attached hydrogens (tertiary/aromatic N) is 3. The van der Waals surface area contributed by atoms with E-state index in [1.807, 2.05) is 23.1 Å². The molecule has 10 heteroatoms. The molecule has 0 spiro atoms. The molecule has 0 radical (unpaired) electrons. The molecule has 0 N–H and O–H groups in total. The van der Waals surface area contributed by atoms with Crippen molar-refractivity contribution in [3.05, 3.63) is 53.3 Å². The molecule has 4 rings (SSSR count). The predicted octanol–water partition coefficient (Wildman–Crippen LogP) is 2.52. The number of sulfonamides is 1. The van der Waals surface area contributed by atoms with Gasteiger partial charge in [0, 0.05) is 37.4 Å². The number of ether oxygens (including phenoxy) is 3. The summed E-state index contributed by atoms with van der Waals surface area (Å²) >= 11 is 0. The maximum absolute atomic E-state index is 13.6. The van der Waals surface area contributed by atoms with Crippen molar-refractivity contribution in [2.45, 2.75) is 43.5 Å². The Morgan fingerprint density at radius 2 is 1.86 bits per heavy atom. The Hall–Kier alpha value is -2.53. The van der Waals surface area contributed by atoms with E-state index in [1.54, 1.807) is 39.3 Å². The van der Waals surface area contributed by atoms with Crippen LogP contribution >= 0.6 is 0 Å². The van der Waals surface area contributed by atoms with Gasteiger partial charge < -0.3 is 19.1 Å². The highest BCUT2D eigenvalue weighted by atomic mass is 32.2. The number of carbonyl (C=O) groups excluding carboxylic acids is 1. The summed E-state index contributed by atoms with van der Waals surface area (Å²) in [7, 11) is -2.23. The van der Waals surface area contributed by atoms with Gasteiger partial charge in [-0.3, -0.25) is 9.78 Å². The lowest BCUT2D eigenvalue weighted by molar-refractivity contribution is -0.138. The van der Waals surface area contributed by atoms with Gasteiger partial charge in [0.1, 0.15) is 12.4 Å². The van der Waals surface area contributed by atoms with Crippen molar-refractivity contribution in [1.29, 1.82) is 0 Å². The van der Waals surface area contributed by atoms with Crippen LogP contribution in [0.2, 0.25) is 0 Å². The van der Waals surface area contributed by atoms with Crippen LogP contribution in [-0.4, -0.2) is 87.7 Å². The number of methoxy groups -OCH3 is 1. The third kappa shape index (κ3) is 5.88. The molecule has 2 aliphatic rings. The summed E-state index contributed by atoms with van der Waals surface area (Å²) in [4.78, 5) is 19.3. The molecule has 0 bridgehead atoms. The van der Waals surface area contributed by atoms with E-state index in [1.165, 1.54) is 4.31 Å². The third-order valence-corrected chi connectivity index (χ3v) is 9.16. The van der Waals surface area contributed by atoms with Crippen LogP contribution in [0.25, 0.3) is 0 Å². The van der Waals surface area contributed by atoms with Gasteiger partial charge in [0.05, 0.1) is 37.9 Å². The second-order valence-electron chi connectivity index (χ2n) is 9.36. The van der Waals surface area contributed by atoms with Crippen LogP contribution in [0.15, 0.2) is 41.4 Å². The quantitative estimate of drug-likeness (QED) is 0.531. The topological polar surface area (TPSA) is 98.3 Å². The summed E-state index contributed by atoms with van der Waals surface area (Å²) in [6, 6.07) is 8.87. The Morgan fingerprint density at radius 1 is 1.14 bits per heavy atom. The monoisotopic (exact) mass is 517 g/mol.